The Morgan fingerprint density at radius 2 is 1.65 bits per heavy atom. The van der Waals surface area contributed by atoms with Crippen molar-refractivity contribution < 1.29 is 14.4 Å². The number of anilines is 2. The summed E-state index contributed by atoms with van der Waals surface area (Å²) >= 11 is 0. The number of nitrogens with two attached hydrogens (primary N) is 1. The van der Waals surface area contributed by atoms with E-state index < -0.39 is 17.7 Å². The highest BCUT2D eigenvalue weighted by molar-refractivity contribution is 6.41. The van der Waals surface area contributed by atoms with Crippen LogP contribution in [-0.4, -0.2) is 48.8 Å². The molecule has 0 aliphatic rings. The molecule has 0 saturated heterocycles. The molecule has 0 fully saturated rings. The lowest BCUT2D eigenvalue weighted by Gasteiger charge is -2.21. The van der Waals surface area contributed by atoms with Crippen LogP contribution >= 0.6 is 0 Å². The van der Waals surface area contributed by atoms with E-state index in [1.54, 1.807) is 12.1 Å². The average molecular weight is 320 g/mol. The Balaban J connectivity index is 2.77. The molecular weight excluding hydrogens is 296 g/mol. The van der Waals surface area contributed by atoms with E-state index in [-0.39, 0.29) is 13.1 Å². The fourth-order valence-electron chi connectivity index (χ4n) is 2.18. The maximum Gasteiger partial charge on any atom is 0.318 e. The lowest BCUT2D eigenvalue weighted by Crippen LogP contribution is -2.44. The summed E-state index contributed by atoms with van der Waals surface area (Å²) in [4.78, 5) is 38.3. The molecular formula is C16H24N4O3. The number of carbonyl (C=O) groups excluding carboxylic acids is 3. The topological polar surface area (TPSA) is 95.7 Å². The molecule has 0 aliphatic heterocycles. The molecule has 0 aromatic heterocycles. The van der Waals surface area contributed by atoms with E-state index in [4.69, 9.17) is 5.73 Å². The van der Waals surface area contributed by atoms with Crippen molar-refractivity contribution in [3.05, 3.63) is 24.3 Å². The molecule has 7 heteroatoms. The highest BCUT2D eigenvalue weighted by Gasteiger charge is 2.24. The van der Waals surface area contributed by atoms with Gasteiger partial charge in [0.2, 0.25) is 5.91 Å². The maximum absolute atomic E-state index is 12.0. The quantitative estimate of drug-likeness (QED) is 0.756. The second kappa shape index (κ2) is 8.89. The zero-order valence-corrected chi connectivity index (χ0v) is 13.8. The van der Waals surface area contributed by atoms with Gasteiger partial charge in [-0.1, -0.05) is 0 Å². The molecule has 0 radical (unpaired) electrons. The van der Waals surface area contributed by atoms with Gasteiger partial charge in [-0.25, -0.2) is 0 Å². The standard InChI is InChI=1S/C16H24N4O3/c1-4-19(5-2)14-8-6-13(7-9-14)18-15(22)16(23)20(11-10-17)12(3)21/h6-9H,4-5,10-11,17H2,1-3H3,(H,18,22). The van der Waals surface area contributed by atoms with Gasteiger partial charge in [0.15, 0.2) is 0 Å². The lowest BCUT2D eigenvalue weighted by molar-refractivity contribution is -0.149. The smallest absolute Gasteiger partial charge is 0.318 e. The fraction of sp³-hybridized carbons (Fsp3) is 0.438. The molecule has 1 aromatic rings. The van der Waals surface area contributed by atoms with Crippen LogP contribution in [0.2, 0.25) is 0 Å². The monoisotopic (exact) mass is 320 g/mol. The molecule has 0 heterocycles. The minimum absolute atomic E-state index is 0.0164. The predicted molar refractivity (Wildman–Crippen MR) is 90.1 cm³/mol. The summed E-state index contributed by atoms with van der Waals surface area (Å²) in [5.74, 6) is -2.27. The van der Waals surface area contributed by atoms with E-state index in [0.29, 0.717) is 5.69 Å². The van der Waals surface area contributed by atoms with Gasteiger partial charge in [0.25, 0.3) is 0 Å². The van der Waals surface area contributed by atoms with Crippen molar-refractivity contribution in [3.63, 3.8) is 0 Å². The summed E-state index contributed by atoms with van der Waals surface area (Å²) in [7, 11) is 0. The van der Waals surface area contributed by atoms with Crippen molar-refractivity contribution in [3.8, 4) is 0 Å². The van der Waals surface area contributed by atoms with Gasteiger partial charge >= 0.3 is 11.8 Å². The molecule has 126 valence electrons. The van der Waals surface area contributed by atoms with Crippen LogP contribution in [0.4, 0.5) is 11.4 Å². The Morgan fingerprint density at radius 3 is 2.09 bits per heavy atom. The molecule has 23 heavy (non-hydrogen) atoms. The Kier molecular flexibility index (Phi) is 7.21. The van der Waals surface area contributed by atoms with E-state index >= 15 is 0 Å². The van der Waals surface area contributed by atoms with Crippen molar-refractivity contribution in [1.29, 1.82) is 0 Å². The molecule has 3 N–H and O–H groups in total. The van der Waals surface area contributed by atoms with Crippen molar-refractivity contribution >= 4 is 29.1 Å². The number of amides is 3. The number of nitrogens with one attached hydrogen (secondary N) is 1. The molecule has 3 amide bonds. The number of imide groups is 1. The maximum atomic E-state index is 12.0. The first-order valence-electron chi connectivity index (χ1n) is 7.63. The fourth-order valence-corrected chi connectivity index (χ4v) is 2.18. The number of carbonyl (C=O) groups is 3. The van der Waals surface area contributed by atoms with Crippen molar-refractivity contribution in [2.45, 2.75) is 20.8 Å². The SMILES string of the molecule is CCN(CC)c1ccc(NC(=O)C(=O)N(CCN)C(C)=O)cc1. The molecule has 0 aliphatic carbocycles. The Labute approximate surface area is 136 Å². The number of nitrogens with zero attached hydrogens (tertiary/aromatic N) is 2. The largest absolute Gasteiger partial charge is 0.372 e. The summed E-state index contributed by atoms with van der Waals surface area (Å²) in [6, 6.07) is 7.19. The number of hydrogen-bond donors (Lipinski definition) is 2. The average Bonchev–Trinajstić information content (AvgIpc) is 2.54. The number of rotatable bonds is 6. The van der Waals surface area contributed by atoms with Crippen molar-refractivity contribution in [2.24, 2.45) is 5.73 Å². The van der Waals surface area contributed by atoms with Gasteiger partial charge in [0.05, 0.1) is 0 Å². The van der Waals surface area contributed by atoms with Gasteiger partial charge < -0.3 is 16.0 Å². The first-order chi connectivity index (χ1) is 10.9. The zero-order chi connectivity index (χ0) is 17.4. The normalized spacial score (nSPS) is 10.1. The third-order valence-corrected chi connectivity index (χ3v) is 3.43. The van der Waals surface area contributed by atoms with Crippen LogP contribution in [0.5, 0.6) is 0 Å². The van der Waals surface area contributed by atoms with Gasteiger partial charge in [-0.15, -0.1) is 0 Å². The Hall–Kier alpha value is -2.41. The molecule has 0 spiro atoms. The minimum atomic E-state index is -0.907. The summed E-state index contributed by atoms with van der Waals surface area (Å²) in [5.41, 5.74) is 6.88. The molecule has 0 atom stereocenters. The Bertz CT molecular complexity index is 553. The minimum Gasteiger partial charge on any atom is -0.372 e. The molecule has 0 bridgehead atoms. The van der Waals surface area contributed by atoms with Crippen LogP contribution in [0.25, 0.3) is 0 Å². The zero-order valence-electron chi connectivity index (χ0n) is 13.8. The molecule has 1 rings (SSSR count). The lowest BCUT2D eigenvalue weighted by atomic mass is 10.2. The van der Waals surface area contributed by atoms with Crippen LogP contribution < -0.4 is 16.0 Å². The first kappa shape index (κ1) is 18.6. The molecule has 0 unspecified atom stereocenters. The highest BCUT2D eigenvalue weighted by Crippen LogP contribution is 2.17. The van der Waals surface area contributed by atoms with Crippen LogP contribution in [0.15, 0.2) is 24.3 Å². The van der Waals surface area contributed by atoms with Crippen LogP contribution in [0, 0.1) is 0 Å². The summed E-state index contributed by atoms with van der Waals surface area (Å²) in [5, 5.41) is 2.50. The van der Waals surface area contributed by atoms with Crippen LogP contribution in [-0.2, 0) is 14.4 Å². The molecule has 1 aromatic carbocycles. The van der Waals surface area contributed by atoms with Gasteiger partial charge in [-0.2, -0.15) is 0 Å². The summed E-state index contributed by atoms with van der Waals surface area (Å²) < 4.78 is 0. The Morgan fingerprint density at radius 1 is 1.09 bits per heavy atom. The van der Waals surface area contributed by atoms with Crippen molar-refractivity contribution in [2.75, 3.05) is 36.4 Å². The third kappa shape index (κ3) is 5.07. The van der Waals surface area contributed by atoms with Crippen molar-refractivity contribution in [1.82, 2.24) is 4.90 Å². The van der Waals surface area contributed by atoms with Gasteiger partial charge in [-0.3, -0.25) is 19.3 Å². The van der Waals surface area contributed by atoms with Gasteiger partial charge in [-0.05, 0) is 38.1 Å². The van der Waals surface area contributed by atoms with Crippen LogP contribution in [0.3, 0.4) is 0 Å². The number of benzene rings is 1. The predicted octanol–water partition coefficient (Wildman–Crippen LogP) is 0.805. The van der Waals surface area contributed by atoms with E-state index in [2.05, 4.69) is 24.1 Å². The molecule has 0 saturated carbocycles. The summed E-state index contributed by atoms with van der Waals surface area (Å²) in [6.45, 7) is 7.23. The highest BCUT2D eigenvalue weighted by atomic mass is 16.2. The second-order valence-corrected chi connectivity index (χ2v) is 4.94. The molecule has 7 nitrogen and oxygen atoms in total. The summed E-state index contributed by atoms with van der Waals surface area (Å²) in [6.07, 6.45) is 0. The van der Waals surface area contributed by atoms with E-state index in [1.165, 1.54) is 6.92 Å². The van der Waals surface area contributed by atoms with E-state index in [9.17, 15) is 14.4 Å². The second-order valence-electron chi connectivity index (χ2n) is 4.94. The van der Waals surface area contributed by atoms with Gasteiger partial charge in [0, 0.05) is 44.5 Å². The van der Waals surface area contributed by atoms with E-state index in [1.807, 2.05) is 12.1 Å². The number of hydrogen-bond acceptors (Lipinski definition) is 5. The first-order valence-corrected chi connectivity index (χ1v) is 7.63. The van der Waals surface area contributed by atoms with Gasteiger partial charge in [0.1, 0.15) is 0 Å². The van der Waals surface area contributed by atoms with Crippen LogP contribution in [0.1, 0.15) is 20.8 Å². The van der Waals surface area contributed by atoms with E-state index in [0.717, 1.165) is 23.7 Å². The third-order valence-electron chi connectivity index (χ3n) is 3.43.